The van der Waals surface area contributed by atoms with Gasteiger partial charge < -0.3 is 15.1 Å². The van der Waals surface area contributed by atoms with Crippen LogP contribution in [0.5, 0.6) is 0 Å². The maximum atomic E-state index is 4.92. The highest BCUT2D eigenvalue weighted by atomic mass is 15.2. The van der Waals surface area contributed by atoms with Crippen molar-refractivity contribution in [2.45, 2.75) is 45.4 Å². The van der Waals surface area contributed by atoms with Crippen molar-refractivity contribution >= 4 is 5.82 Å². The lowest BCUT2D eigenvalue weighted by atomic mass is 9.74. The molecule has 0 amide bonds. The van der Waals surface area contributed by atoms with Crippen LogP contribution in [-0.2, 0) is 12.8 Å². The molecule has 1 N–H and O–H groups in total. The highest BCUT2D eigenvalue weighted by molar-refractivity contribution is 5.51. The topological polar surface area (TPSA) is 44.3 Å². The summed E-state index contributed by atoms with van der Waals surface area (Å²) in [6.45, 7) is 8.98. The highest BCUT2D eigenvalue weighted by Crippen LogP contribution is 2.40. The molecule has 0 aromatic carbocycles. The first-order chi connectivity index (χ1) is 11.7. The van der Waals surface area contributed by atoms with Crippen molar-refractivity contribution in [3.63, 3.8) is 0 Å². The number of piperidine rings is 2. The van der Waals surface area contributed by atoms with Crippen LogP contribution < -0.4 is 10.2 Å². The molecule has 5 heteroatoms. The predicted octanol–water partition coefficient (Wildman–Crippen LogP) is 1.79. The van der Waals surface area contributed by atoms with Gasteiger partial charge in [0.2, 0.25) is 0 Å². The molecule has 132 valence electrons. The van der Waals surface area contributed by atoms with Crippen LogP contribution in [0, 0.1) is 12.3 Å². The summed E-state index contributed by atoms with van der Waals surface area (Å²) in [6.07, 6.45) is 7.49. The molecule has 1 spiro atoms. The minimum atomic E-state index is 0.472. The van der Waals surface area contributed by atoms with Crippen molar-refractivity contribution in [3.05, 3.63) is 17.1 Å². The first kappa shape index (κ1) is 16.3. The number of nitrogens with zero attached hydrogens (tertiary/aromatic N) is 4. The van der Waals surface area contributed by atoms with Gasteiger partial charge in [0.25, 0.3) is 0 Å². The summed E-state index contributed by atoms with van der Waals surface area (Å²) in [5.41, 5.74) is 3.16. The van der Waals surface area contributed by atoms with Crippen molar-refractivity contribution in [1.29, 1.82) is 0 Å². The van der Waals surface area contributed by atoms with Crippen LogP contribution in [0.15, 0.2) is 0 Å². The van der Waals surface area contributed by atoms with E-state index in [2.05, 4.69) is 29.1 Å². The molecule has 1 atom stereocenters. The van der Waals surface area contributed by atoms with Gasteiger partial charge in [0.05, 0.1) is 5.69 Å². The molecule has 3 aliphatic rings. The molecule has 0 radical (unpaired) electrons. The maximum Gasteiger partial charge on any atom is 0.135 e. The average Bonchev–Trinajstić information content (AvgIpc) is 2.79. The van der Waals surface area contributed by atoms with E-state index in [9.17, 15) is 0 Å². The second kappa shape index (κ2) is 6.60. The Morgan fingerprint density at radius 3 is 2.62 bits per heavy atom. The van der Waals surface area contributed by atoms with Gasteiger partial charge in [-0.05, 0) is 59.2 Å². The number of anilines is 1. The number of aromatic nitrogens is 2. The second-order valence-corrected chi connectivity index (χ2v) is 8.14. The number of nitrogens with one attached hydrogen (secondary N) is 1. The van der Waals surface area contributed by atoms with Gasteiger partial charge in [0, 0.05) is 43.6 Å². The van der Waals surface area contributed by atoms with Gasteiger partial charge in [-0.2, -0.15) is 0 Å². The van der Waals surface area contributed by atoms with Crippen LogP contribution in [0.3, 0.4) is 0 Å². The normalized spacial score (nSPS) is 28.7. The smallest absolute Gasteiger partial charge is 0.135 e. The summed E-state index contributed by atoms with van der Waals surface area (Å²) in [7, 11) is 2.28. The number of likely N-dealkylation sites (tertiary alicyclic amines) is 1. The highest BCUT2D eigenvalue weighted by Gasteiger charge is 2.39. The Bertz CT molecular complexity index is 598. The largest absolute Gasteiger partial charge is 0.356 e. The predicted molar refractivity (Wildman–Crippen MR) is 97.7 cm³/mol. The Morgan fingerprint density at radius 2 is 1.79 bits per heavy atom. The Morgan fingerprint density at radius 1 is 1.00 bits per heavy atom. The van der Waals surface area contributed by atoms with Crippen molar-refractivity contribution in [2.75, 3.05) is 51.2 Å². The van der Waals surface area contributed by atoms with E-state index < -0.39 is 0 Å². The van der Waals surface area contributed by atoms with Crippen LogP contribution >= 0.6 is 0 Å². The van der Waals surface area contributed by atoms with Crippen LogP contribution in [0.1, 0.15) is 42.8 Å². The second-order valence-electron chi connectivity index (χ2n) is 8.14. The third-order valence-corrected chi connectivity index (χ3v) is 6.09. The molecule has 2 fully saturated rings. The van der Waals surface area contributed by atoms with Gasteiger partial charge in [0.15, 0.2) is 0 Å². The summed E-state index contributed by atoms with van der Waals surface area (Å²) >= 11 is 0. The first-order valence-electron chi connectivity index (χ1n) is 9.66. The van der Waals surface area contributed by atoms with Crippen molar-refractivity contribution in [3.8, 4) is 0 Å². The zero-order valence-electron chi connectivity index (χ0n) is 15.3. The Hall–Kier alpha value is -1.20. The molecule has 5 nitrogen and oxygen atoms in total. The molecule has 4 rings (SSSR count). The van der Waals surface area contributed by atoms with E-state index in [1.807, 2.05) is 0 Å². The molecule has 3 aliphatic heterocycles. The average molecular weight is 329 g/mol. The molecular formula is C19H31N5. The fraction of sp³-hybridized carbons (Fsp3) is 0.789. The SMILES string of the molecule is Cc1nc2c(c(N3CCC[C@]4(CCCN(C)C4)C3)n1)CCNCC2. The van der Waals surface area contributed by atoms with Gasteiger partial charge in [-0.3, -0.25) is 0 Å². The van der Waals surface area contributed by atoms with Crippen molar-refractivity contribution in [1.82, 2.24) is 20.2 Å². The molecule has 0 aliphatic carbocycles. The Labute approximate surface area is 145 Å². The summed E-state index contributed by atoms with van der Waals surface area (Å²) < 4.78 is 0. The quantitative estimate of drug-likeness (QED) is 0.851. The van der Waals surface area contributed by atoms with Gasteiger partial charge in [-0.1, -0.05) is 0 Å². The molecule has 0 saturated carbocycles. The molecular weight excluding hydrogens is 298 g/mol. The van der Waals surface area contributed by atoms with Crippen LogP contribution in [0.4, 0.5) is 5.82 Å². The van der Waals surface area contributed by atoms with Gasteiger partial charge in [-0.25, -0.2) is 9.97 Å². The molecule has 24 heavy (non-hydrogen) atoms. The van der Waals surface area contributed by atoms with Crippen molar-refractivity contribution < 1.29 is 0 Å². The van der Waals surface area contributed by atoms with Gasteiger partial charge >= 0.3 is 0 Å². The summed E-state index contributed by atoms with van der Waals surface area (Å²) in [5.74, 6) is 2.18. The Kier molecular flexibility index (Phi) is 4.48. The lowest BCUT2D eigenvalue weighted by Gasteiger charge is -2.48. The number of rotatable bonds is 1. The third kappa shape index (κ3) is 3.16. The fourth-order valence-electron chi connectivity index (χ4n) is 5.08. The number of fused-ring (bicyclic) bond motifs is 1. The molecule has 2 saturated heterocycles. The van der Waals surface area contributed by atoms with Crippen molar-refractivity contribution in [2.24, 2.45) is 5.41 Å². The molecule has 0 unspecified atom stereocenters. The van der Waals surface area contributed by atoms with E-state index in [-0.39, 0.29) is 0 Å². The van der Waals surface area contributed by atoms with Crippen LogP contribution in [-0.4, -0.2) is 61.2 Å². The first-order valence-corrected chi connectivity index (χ1v) is 9.66. The van der Waals surface area contributed by atoms with E-state index in [1.165, 1.54) is 62.4 Å². The summed E-state index contributed by atoms with van der Waals surface area (Å²) in [6, 6.07) is 0. The van der Waals surface area contributed by atoms with Crippen LogP contribution in [0.25, 0.3) is 0 Å². The van der Waals surface area contributed by atoms with Crippen LogP contribution in [0.2, 0.25) is 0 Å². The fourth-order valence-corrected chi connectivity index (χ4v) is 5.08. The zero-order chi connectivity index (χ0) is 16.6. The monoisotopic (exact) mass is 329 g/mol. The minimum absolute atomic E-state index is 0.472. The number of aryl methyl sites for hydroxylation is 1. The molecule has 1 aromatic heterocycles. The number of hydrogen-bond acceptors (Lipinski definition) is 5. The summed E-state index contributed by atoms with van der Waals surface area (Å²) in [5, 5.41) is 3.51. The molecule has 1 aromatic rings. The summed E-state index contributed by atoms with van der Waals surface area (Å²) in [4.78, 5) is 14.8. The Balaban J connectivity index is 1.64. The third-order valence-electron chi connectivity index (χ3n) is 6.09. The molecule has 4 heterocycles. The lowest BCUT2D eigenvalue weighted by molar-refractivity contribution is 0.0907. The van der Waals surface area contributed by atoms with Gasteiger partial charge in [0.1, 0.15) is 11.6 Å². The van der Waals surface area contributed by atoms with E-state index >= 15 is 0 Å². The standard InChI is InChI=1S/C19H31N5/c1-15-21-17-6-10-20-9-5-16(17)18(22-15)24-12-4-8-19(14-24)7-3-11-23(2)13-19/h20H,3-14H2,1-2H3/t19-/m0/s1. The van der Waals surface area contributed by atoms with E-state index in [1.54, 1.807) is 0 Å². The zero-order valence-corrected chi connectivity index (χ0v) is 15.3. The van der Waals surface area contributed by atoms with E-state index in [4.69, 9.17) is 9.97 Å². The lowest BCUT2D eigenvalue weighted by Crippen LogP contribution is -2.52. The molecule has 0 bridgehead atoms. The van der Waals surface area contributed by atoms with E-state index in [0.717, 1.165) is 38.3 Å². The van der Waals surface area contributed by atoms with Gasteiger partial charge in [-0.15, -0.1) is 0 Å². The minimum Gasteiger partial charge on any atom is -0.356 e. The van der Waals surface area contributed by atoms with E-state index in [0.29, 0.717) is 5.41 Å². The number of hydrogen-bond donors (Lipinski definition) is 1. The maximum absolute atomic E-state index is 4.92.